The predicted molar refractivity (Wildman–Crippen MR) is 58.5 cm³/mol. The summed E-state index contributed by atoms with van der Waals surface area (Å²) in [6, 6.07) is 3.69. The molecule has 0 aliphatic carbocycles. The Balaban J connectivity index is 2.16. The largest absolute Gasteiger partial charge is 0.351 e. The molecule has 15 heavy (non-hydrogen) atoms. The Morgan fingerprint density at radius 2 is 2.47 bits per heavy atom. The van der Waals surface area contributed by atoms with Crippen LogP contribution in [-0.4, -0.2) is 30.7 Å². The maximum atomic E-state index is 12.7. The normalized spacial score (nSPS) is 21.7. The third-order valence-corrected chi connectivity index (χ3v) is 2.83. The lowest BCUT2D eigenvalue weighted by Gasteiger charge is -2.36. The van der Waals surface area contributed by atoms with Crippen molar-refractivity contribution < 1.29 is 4.39 Å². The first kappa shape index (κ1) is 10.4. The lowest BCUT2D eigenvalue weighted by atomic mass is 10.1. The molecule has 0 aromatic carbocycles. The molecule has 1 atom stereocenters. The van der Waals surface area contributed by atoms with Gasteiger partial charge in [-0.3, -0.25) is 0 Å². The highest BCUT2D eigenvalue weighted by atomic mass is 19.1. The molecule has 1 aromatic heterocycles. The molecule has 1 aliphatic rings. The van der Waals surface area contributed by atoms with Crippen LogP contribution in [0.3, 0.4) is 0 Å². The Labute approximate surface area is 89.3 Å². The number of halogens is 1. The highest BCUT2D eigenvalue weighted by Crippen LogP contribution is 2.17. The molecule has 1 aromatic rings. The Kier molecular flexibility index (Phi) is 3.16. The number of rotatable bonds is 2. The molecule has 0 radical (unpaired) electrons. The minimum absolute atomic E-state index is 0.276. The standard InChI is InChI=1S/C11H16FN3/c1-2-10-8-13-5-6-15(10)11-4-3-9(12)7-14-11/h3-4,7,10,13H,2,5-6,8H2,1H3. The quantitative estimate of drug-likeness (QED) is 0.798. The molecule has 2 rings (SSSR count). The number of pyridine rings is 1. The van der Waals surface area contributed by atoms with Gasteiger partial charge in [0.1, 0.15) is 11.6 Å². The first-order chi connectivity index (χ1) is 7.31. The van der Waals surface area contributed by atoms with E-state index in [-0.39, 0.29) is 5.82 Å². The van der Waals surface area contributed by atoms with Crippen molar-refractivity contribution in [3.8, 4) is 0 Å². The van der Waals surface area contributed by atoms with Gasteiger partial charge in [0.15, 0.2) is 0 Å². The van der Waals surface area contributed by atoms with Crippen LogP contribution in [0.4, 0.5) is 10.2 Å². The third-order valence-electron chi connectivity index (χ3n) is 2.83. The van der Waals surface area contributed by atoms with Crippen LogP contribution in [0.2, 0.25) is 0 Å². The van der Waals surface area contributed by atoms with E-state index in [9.17, 15) is 4.39 Å². The van der Waals surface area contributed by atoms with Crippen molar-refractivity contribution in [1.82, 2.24) is 10.3 Å². The molecule has 1 saturated heterocycles. The molecular weight excluding hydrogens is 193 g/mol. The van der Waals surface area contributed by atoms with Crippen molar-refractivity contribution in [1.29, 1.82) is 0 Å². The Morgan fingerprint density at radius 1 is 1.60 bits per heavy atom. The van der Waals surface area contributed by atoms with Crippen LogP contribution in [0.25, 0.3) is 0 Å². The van der Waals surface area contributed by atoms with Crippen molar-refractivity contribution >= 4 is 5.82 Å². The second-order valence-corrected chi connectivity index (χ2v) is 3.79. The zero-order valence-electron chi connectivity index (χ0n) is 8.91. The van der Waals surface area contributed by atoms with E-state index < -0.39 is 0 Å². The van der Waals surface area contributed by atoms with Crippen molar-refractivity contribution in [3.05, 3.63) is 24.1 Å². The van der Waals surface area contributed by atoms with E-state index in [2.05, 4.69) is 22.1 Å². The number of anilines is 1. The molecule has 3 nitrogen and oxygen atoms in total. The first-order valence-corrected chi connectivity index (χ1v) is 5.40. The first-order valence-electron chi connectivity index (χ1n) is 5.40. The number of nitrogens with zero attached hydrogens (tertiary/aromatic N) is 2. The average Bonchev–Trinajstić information content (AvgIpc) is 2.30. The van der Waals surface area contributed by atoms with Gasteiger partial charge in [0.05, 0.1) is 6.20 Å². The van der Waals surface area contributed by atoms with E-state index in [0.29, 0.717) is 6.04 Å². The maximum Gasteiger partial charge on any atom is 0.141 e. The maximum absolute atomic E-state index is 12.7. The fourth-order valence-electron chi connectivity index (χ4n) is 1.97. The van der Waals surface area contributed by atoms with E-state index in [1.54, 1.807) is 6.07 Å². The fourth-order valence-corrected chi connectivity index (χ4v) is 1.97. The molecule has 0 spiro atoms. The summed E-state index contributed by atoms with van der Waals surface area (Å²) in [5, 5.41) is 3.35. The minimum atomic E-state index is -0.276. The molecule has 0 amide bonds. The molecule has 0 bridgehead atoms. The second kappa shape index (κ2) is 4.57. The van der Waals surface area contributed by atoms with Crippen LogP contribution in [0.5, 0.6) is 0 Å². The van der Waals surface area contributed by atoms with Gasteiger partial charge in [-0.25, -0.2) is 9.37 Å². The number of hydrogen-bond acceptors (Lipinski definition) is 3. The van der Waals surface area contributed by atoms with Gasteiger partial charge in [0.2, 0.25) is 0 Å². The SMILES string of the molecule is CCC1CNCCN1c1ccc(F)cn1. The Bertz CT molecular complexity index is 312. The summed E-state index contributed by atoms with van der Waals surface area (Å²) in [6.07, 6.45) is 2.36. The summed E-state index contributed by atoms with van der Waals surface area (Å²) in [5.74, 6) is 0.603. The minimum Gasteiger partial charge on any atom is -0.351 e. The molecule has 1 fully saturated rings. The van der Waals surface area contributed by atoms with Crippen LogP contribution >= 0.6 is 0 Å². The molecule has 0 saturated carbocycles. The van der Waals surface area contributed by atoms with Crippen molar-refractivity contribution in [3.63, 3.8) is 0 Å². The van der Waals surface area contributed by atoms with Crippen LogP contribution in [0.15, 0.2) is 18.3 Å². The van der Waals surface area contributed by atoms with Gasteiger partial charge in [-0.05, 0) is 18.6 Å². The number of aromatic nitrogens is 1. The number of piperazine rings is 1. The summed E-state index contributed by atoms with van der Waals surface area (Å²) in [4.78, 5) is 6.37. The zero-order valence-corrected chi connectivity index (χ0v) is 8.91. The fraction of sp³-hybridized carbons (Fsp3) is 0.545. The Morgan fingerprint density at radius 3 is 3.13 bits per heavy atom. The molecule has 1 N–H and O–H groups in total. The zero-order chi connectivity index (χ0) is 10.7. The summed E-state index contributed by atoms with van der Waals surface area (Å²) in [7, 11) is 0. The topological polar surface area (TPSA) is 28.2 Å². The average molecular weight is 209 g/mol. The van der Waals surface area contributed by atoms with E-state index in [4.69, 9.17) is 0 Å². The van der Waals surface area contributed by atoms with Gasteiger partial charge >= 0.3 is 0 Å². The molecule has 2 heterocycles. The van der Waals surface area contributed by atoms with Gasteiger partial charge in [-0.2, -0.15) is 0 Å². The van der Waals surface area contributed by atoms with Crippen LogP contribution < -0.4 is 10.2 Å². The molecule has 4 heteroatoms. The van der Waals surface area contributed by atoms with E-state index >= 15 is 0 Å². The van der Waals surface area contributed by atoms with Gasteiger partial charge in [-0.1, -0.05) is 6.92 Å². The highest BCUT2D eigenvalue weighted by molar-refractivity contribution is 5.40. The van der Waals surface area contributed by atoms with Gasteiger partial charge in [0, 0.05) is 25.7 Å². The predicted octanol–water partition coefficient (Wildman–Crippen LogP) is 1.41. The van der Waals surface area contributed by atoms with E-state index in [1.807, 2.05) is 0 Å². The van der Waals surface area contributed by atoms with Crippen LogP contribution in [0, 0.1) is 5.82 Å². The van der Waals surface area contributed by atoms with Crippen molar-refractivity contribution in [2.75, 3.05) is 24.5 Å². The number of hydrogen-bond donors (Lipinski definition) is 1. The third kappa shape index (κ3) is 2.26. The summed E-state index contributed by atoms with van der Waals surface area (Å²) < 4.78 is 12.7. The lowest BCUT2D eigenvalue weighted by Crippen LogP contribution is -2.51. The smallest absolute Gasteiger partial charge is 0.141 e. The van der Waals surface area contributed by atoms with Crippen LogP contribution in [0.1, 0.15) is 13.3 Å². The summed E-state index contributed by atoms with van der Waals surface area (Å²) in [6.45, 7) is 5.05. The summed E-state index contributed by atoms with van der Waals surface area (Å²) >= 11 is 0. The lowest BCUT2D eigenvalue weighted by molar-refractivity contribution is 0.462. The Hall–Kier alpha value is -1.16. The molecular formula is C11H16FN3. The molecule has 1 aliphatic heterocycles. The van der Waals surface area contributed by atoms with Crippen molar-refractivity contribution in [2.24, 2.45) is 0 Å². The van der Waals surface area contributed by atoms with Gasteiger partial charge < -0.3 is 10.2 Å². The second-order valence-electron chi connectivity index (χ2n) is 3.79. The molecule has 82 valence electrons. The van der Waals surface area contributed by atoms with E-state index in [1.165, 1.54) is 12.3 Å². The van der Waals surface area contributed by atoms with Crippen molar-refractivity contribution in [2.45, 2.75) is 19.4 Å². The van der Waals surface area contributed by atoms with Crippen LogP contribution in [-0.2, 0) is 0 Å². The summed E-state index contributed by atoms with van der Waals surface area (Å²) in [5.41, 5.74) is 0. The molecule has 1 unspecified atom stereocenters. The number of nitrogens with one attached hydrogen (secondary N) is 1. The van der Waals surface area contributed by atoms with Gasteiger partial charge in [-0.15, -0.1) is 0 Å². The van der Waals surface area contributed by atoms with Gasteiger partial charge in [0.25, 0.3) is 0 Å². The monoisotopic (exact) mass is 209 g/mol. The highest BCUT2D eigenvalue weighted by Gasteiger charge is 2.21. The van der Waals surface area contributed by atoms with E-state index in [0.717, 1.165) is 31.9 Å².